The van der Waals surface area contributed by atoms with Gasteiger partial charge in [-0.05, 0) is 18.1 Å². The van der Waals surface area contributed by atoms with Gasteiger partial charge in [0.1, 0.15) is 0 Å². The number of aryl methyl sites for hydroxylation is 1. The zero-order chi connectivity index (χ0) is 12.4. The molecule has 0 saturated carbocycles. The summed E-state index contributed by atoms with van der Waals surface area (Å²) in [6, 6.07) is 8.74. The first-order valence-corrected chi connectivity index (χ1v) is 6.18. The van der Waals surface area contributed by atoms with E-state index in [9.17, 15) is 0 Å². The van der Waals surface area contributed by atoms with Crippen LogP contribution in [0.5, 0.6) is 0 Å². The smallest absolute Gasteiger partial charge is 0.222 e. The van der Waals surface area contributed by atoms with E-state index < -0.39 is 0 Å². The minimum atomic E-state index is 0.467. The molecule has 0 atom stereocenters. The van der Waals surface area contributed by atoms with Crippen LogP contribution in [0.15, 0.2) is 36.7 Å². The predicted octanol–water partition coefficient (Wildman–Crippen LogP) is 1.84. The van der Waals surface area contributed by atoms with E-state index in [-0.39, 0.29) is 0 Å². The van der Waals surface area contributed by atoms with Crippen molar-refractivity contribution in [2.75, 3.05) is 18.4 Å². The molecule has 18 heavy (non-hydrogen) atoms. The van der Waals surface area contributed by atoms with Crippen LogP contribution < -0.4 is 10.6 Å². The lowest BCUT2D eigenvalue weighted by Crippen LogP contribution is -2.51. The van der Waals surface area contributed by atoms with Crippen molar-refractivity contribution >= 4 is 5.95 Å². The molecule has 4 heteroatoms. The monoisotopic (exact) mass is 240 g/mol. The lowest BCUT2D eigenvalue weighted by molar-refractivity contribution is 0.470. The van der Waals surface area contributed by atoms with Gasteiger partial charge in [0.2, 0.25) is 5.95 Å². The van der Waals surface area contributed by atoms with Crippen LogP contribution in [0.4, 0.5) is 5.95 Å². The van der Waals surface area contributed by atoms with Crippen molar-refractivity contribution in [3.05, 3.63) is 42.2 Å². The molecule has 4 nitrogen and oxygen atoms in total. The fourth-order valence-electron chi connectivity index (χ4n) is 2.01. The minimum absolute atomic E-state index is 0.467. The van der Waals surface area contributed by atoms with Gasteiger partial charge in [0, 0.05) is 31.0 Å². The van der Waals surface area contributed by atoms with Crippen molar-refractivity contribution in [2.45, 2.75) is 13.0 Å². The molecule has 1 aromatic carbocycles. The lowest BCUT2D eigenvalue weighted by Gasteiger charge is -2.27. The summed E-state index contributed by atoms with van der Waals surface area (Å²) in [5.41, 5.74) is 3.49. The van der Waals surface area contributed by atoms with Crippen LogP contribution in [0.3, 0.4) is 0 Å². The number of benzene rings is 1. The van der Waals surface area contributed by atoms with Crippen LogP contribution in [0.25, 0.3) is 11.1 Å². The molecule has 0 radical (unpaired) electrons. The first kappa shape index (κ1) is 11.2. The van der Waals surface area contributed by atoms with Gasteiger partial charge in [-0.25, -0.2) is 9.97 Å². The first-order valence-electron chi connectivity index (χ1n) is 6.18. The van der Waals surface area contributed by atoms with Gasteiger partial charge in [-0.2, -0.15) is 0 Å². The Hall–Kier alpha value is -1.94. The largest absolute Gasteiger partial charge is 0.349 e. The number of hydrogen-bond acceptors (Lipinski definition) is 4. The molecule has 0 unspecified atom stereocenters. The Morgan fingerprint density at radius 1 is 1.17 bits per heavy atom. The molecule has 2 aromatic rings. The summed E-state index contributed by atoms with van der Waals surface area (Å²) < 4.78 is 0. The number of nitrogens with one attached hydrogen (secondary N) is 2. The van der Waals surface area contributed by atoms with E-state index in [0.717, 1.165) is 18.7 Å². The molecule has 1 fully saturated rings. The SMILES string of the molecule is Cc1ccccc1-c1cnc(NC2CNC2)nc1. The van der Waals surface area contributed by atoms with E-state index in [1.54, 1.807) is 0 Å². The van der Waals surface area contributed by atoms with Crippen molar-refractivity contribution in [1.29, 1.82) is 0 Å². The summed E-state index contributed by atoms with van der Waals surface area (Å²) in [4.78, 5) is 8.74. The molecule has 3 rings (SSSR count). The zero-order valence-corrected chi connectivity index (χ0v) is 10.4. The predicted molar refractivity (Wildman–Crippen MR) is 72.5 cm³/mol. The number of anilines is 1. The van der Waals surface area contributed by atoms with E-state index in [2.05, 4.69) is 39.7 Å². The molecule has 2 heterocycles. The Balaban J connectivity index is 1.80. The van der Waals surface area contributed by atoms with E-state index in [0.29, 0.717) is 12.0 Å². The topological polar surface area (TPSA) is 49.8 Å². The van der Waals surface area contributed by atoms with Crippen molar-refractivity contribution in [3.8, 4) is 11.1 Å². The molecule has 92 valence electrons. The second kappa shape index (κ2) is 4.74. The minimum Gasteiger partial charge on any atom is -0.349 e. The third-order valence-electron chi connectivity index (χ3n) is 3.22. The second-order valence-electron chi connectivity index (χ2n) is 4.61. The summed E-state index contributed by atoms with van der Waals surface area (Å²) in [6.07, 6.45) is 3.76. The quantitative estimate of drug-likeness (QED) is 0.859. The number of hydrogen-bond donors (Lipinski definition) is 2. The van der Waals surface area contributed by atoms with Gasteiger partial charge in [-0.15, -0.1) is 0 Å². The standard InChI is InChI=1S/C14H16N4/c1-10-4-2-3-5-13(10)11-6-16-14(17-7-11)18-12-8-15-9-12/h2-7,12,15H,8-9H2,1H3,(H,16,17,18). The molecular weight excluding hydrogens is 224 g/mol. The summed E-state index contributed by atoms with van der Waals surface area (Å²) in [5, 5.41) is 6.50. The Kier molecular flexibility index (Phi) is 2.94. The fourth-order valence-corrected chi connectivity index (χ4v) is 2.01. The third kappa shape index (κ3) is 2.19. The van der Waals surface area contributed by atoms with Crippen LogP contribution in [0.2, 0.25) is 0 Å². The van der Waals surface area contributed by atoms with E-state index in [4.69, 9.17) is 0 Å². The van der Waals surface area contributed by atoms with Crippen molar-refractivity contribution in [1.82, 2.24) is 15.3 Å². The van der Waals surface area contributed by atoms with E-state index in [1.165, 1.54) is 11.1 Å². The molecule has 0 amide bonds. The maximum absolute atomic E-state index is 4.37. The average molecular weight is 240 g/mol. The highest BCUT2D eigenvalue weighted by Crippen LogP contribution is 2.21. The Morgan fingerprint density at radius 2 is 1.89 bits per heavy atom. The highest BCUT2D eigenvalue weighted by molar-refractivity contribution is 5.65. The normalized spacial score (nSPS) is 15.2. The molecule has 1 saturated heterocycles. The van der Waals surface area contributed by atoms with Gasteiger partial charge in [0.15, 0.2) is 0 Å². The fraction of sp³-hybridized carbons (Fsp3) is 0.286. The summed E-state index contributed by atoms with van der Waals surface area (Å²) in [7, 11) is 0. The highest BCUT2D eigenvalue weighted by Gasteiger charge is 2.16. The van der Waals surface area contributed by atoms with Crippen molar-refractivity contribution < 1.29 is 0 Å². The molecule has 1 aliphatic rings. The Labute approximate surface area is 106 Å². The lowest BCUT2D eigenvalue weighted by atomic mass is 10.0. The number of nitrogens with zero attached hydrogens (tertiary/aromatic N) is 2. The summed E-state index contributed by atoms with van der Waals surface area (Å²) >= 11 is 0. The Morgan fingerprint density at radius 3 is 2.50 bits per heavy atom. The first-order chi connectivity index (χ1) is 8.83. The molecule has 0 bridgehead atoms. The third-order valence-corrected chi connectivity index (χ3v) is 3.22. The van der Waals surface area contributed by atoms with Gasteiger partial charge in [0.25, 0.3) is 0 Å². The van der Waals surface area contributed by atoms with E-state index >= 15 is 0 Å². The zero-order valence-electron chi connectivity index (χ0n) is 10.4. The van der Waals surface area contributed by atoms with Gasteiger partial charge in [0.05, 0.1) is 6.04 Å². The van der Waals surface area contributed by atoms with Crippen LogP contribution in [-0.2, 0) is 0 Å². The maximum atomic E-state index is 4.37. The second-order valence-corrected chi connectivity index (χ2v) is 4.61. The summed E-state index contributed by atoms with van der Waals surface area (Å²) in [6.45, 7) is 4.08. The molecule has 0 aliphatic carbocycles. The van der Waals surface area contributed by atoms with Crippen LogP contribution in [-0.4, -0.2) is 29.1 Å². The molecule has 1 aliphatic heterocycles. The van der Waals surface area contributed by atoms with E-state index in [1.807, 2.05) is 24.5 Å². The number of aromatic nitrogens is 2. The van der Waals surface area contributed by atoms with Gasteiger partial charge < -0.3 is 10.6 Å². The van der Waals surface area contributed by atoms with Gasteiger partial charge in [-0.1, -0.05) is 24.3 Å². The number of rotatable bonds is 3. The van der Waals surface area contributed by atoms with Crippen molar-refractivity contribution in [2.24, 2.45) is 0 Å². The maximum Gasteiger partial charge on any atom is 0.222 e. The average Bonchev–Trinajstić information content (AvgIpc) is 2.35. The Bertz CT molecular complexity index is 532. The molecule has 0 spiro atoms. The summed E-state index contributed by atoms with van der Waals surface area (Å²) in [5.74, 6) is 0.707. The van der Waals surface area contributed by atoms with Crippen LogP contribution in [0.1, 0.15) is 5.56 Å². The molecule has 2 N–H and O–H groups in total. The van der Waals surface area contributed by atoms with Crippen molar-refractivity contribution in [3.63, 3.8) is 0 Å². The van der Waals surface area contributed by atoms with Gasteiger partial charge >= 0.3 is 0 Å². The highest BCUT2D eigenvalue weighted by atomic mass is 15.2. The molecule has 1 aromatic heterocycles. The molecular formula is C14H16N4. The van der Waals surface area contributed by atoms with Gasteiger partial charge in [-0.3, -0.25) is 0 Å². The van der Waals surface area contributed by atoms with Crippen LogP contribution in [0, 0.1) is 6.92 Å². The van der Waals surface area contributed by atoms with Crippen LogP contribution >= 0.6 is 0 Å².